The summed E-state index contributed by atoms with van der Waals surface area (Å²) in [7, 11) is -4.22. The number of nitro groups is 1. The molecule has 3 aromatic carbocycles. The number of hydrogen-bond acceptors (Lipinski definition) is 5. The summed E-state index contributed by atoms with van der Waals surface area (Å²) in [5, 5.41) is 13.9. The number of amides is 1. The molecule has 0 heterocycles. The van der Waals surface area contributed by atoms with E-state index in [0.717, 1.165) is 4.31 Å². The molecule has 0 atom stereocenters. The van der Waals surface area contributed by atoms with Crippen molar-refractivity contribution in [1.29, 1.82) is 0 Å². The quantitative estimate of drug-likeness (QED) is 0.339. The number of anilines is 1. The summed E-state index contributed by atoms with van der Waals surface area (Å²) in [5.74, 6) is -0.670. The standard InChI is InChI=1S/C22H19Cl2N3O5S/c1-15-19(8-5-9-20(15)27(29)30)25-22(28)14-26(13-16-6-3-2-4-7-16)33(31,32)21-12-17(23)10-11-18(21)24/h2-12H,13-14H2,1H3,(H,25,28). The van der Waals surface area contributed by atoms with E-state index < -0.39 is 27.4 Å². The Hall–Kier alpha value is -2.98. The van der Waals surface area contributed by atoms with Gasteiger partial charge in [0, 0.05) is 17.6 Å². The Morgan fingerprint density at radius 3 is 2.42 bits per heavy atom. The van der Waals surface area contributed by atoms with E-state index in [2.05, 4.69) is 5.32 Å². The molecule has 8 nitrogen and oxygen atoms in total. The number of benzene rings is 3. The minimum Gasteiger partial charge on any atom is -0.324 e. The fraction of sp³-hybridized carbons (Fsp3) is 0.136. The molecule has 0 saturated heterocycles. The maximum absolute atomic E-state index is 13.4. The molecule has 0 aliphatic rings. The highest BCUT2D eigenvalue weighted by molar-refractivity contribution is 7.89. The van der Waals surface area contributed by atoms with Crippen LogP contribution in [0, 0.1) is 17.0 Å². The minimum absolute atomic E-state index is 0.0348. The van der Waals surface area contributed by atoms with Gasteiger partial charge in [-0.05, 0) is 36.8 Å². The van der Waals surface area contributed by atoms with Gasteiger partial charge in [-0.15, -0.1) is 0 Å². The first-order valence-electron chi connectivity index (χ1n) is 9.62. The van der Waals surface area contributed by atoms with Crippen LogP contribution in [-0.4, -0.2) is 30.1 Å². The maximum Gasteiger partial charge on any atom is 0.274 e. The van der Waals surface area contributed by atoms with Crippen LogP contribution in [0.4, 0.5) is 11.4 Å². The Morgan fingerprint density at radius 2 is 1.76 bits per heavy atom. The zero-order valence-electron chi connectivity index (χ0n) is 17.4. The fourth-order valence-electron chi connectivity index (χ4n) is 3.13. The molecule has 11 heteroatoms. The van der Waals surface area contributed by atoms with E-state index in [9.17, 15) is 23.3 Å². The molecular weight excluding hydrogens is 489 g/mol. The van der Waals surface area contributed by atoms with Gasteiger partial charge < -0.3 is 5.32 Å². The van der Waals surface area contributed by atoms with Gasteiger partial charge in [0.05, 0.1) is 27.7 Å². The summed E-state index contributed by atoms with van der Waals surface area (Å²) >= 11 is 12.1. The largest absolute Gasteiger partial charge is 0.324 e. The van der Waals surface area contributed by atoms with E-state index in [1.165, 1.54) is 43.3 Å². The summed E-state index contributed by atoms with van der Waals surface area (Å²) in [6, 6.07) is 17.0. The number of nitrogens with one attached hydrogen (secondary N) is 1. The van der Waals surface area contributed by atoms with Crippen molar-refractivity contribution in [3.63, 3.8) is 0 Å². The van der Waals surface area contributed by atoms with Crippen molar-refractivity contribution in [1.82, 2.24) is 4.31 Å². The third-order valence-corrected chi connectivity index (χ3v) is 7.32. The van der Waals surface area contributed by atoms with Gasteiger partial charge in [0.15, 0.2) is 0 Å². The lowest BCUT2D eigenvalue weighted by Crippen LogP contribution is -2.37. The summed E-state index contributed by atoms with van der Waals surface area (Å²) in [6.45, 7) is 0.841. The summed E-state index contributed by atoms with van der Waals surface area (Å²) in [6.07, 6.45) is 0. The molecule has 172 valence electrons. The molecule has 3 aromatic rings. The second-order valence-corrected chi connectivity index (χ2v) is 9.84. The van der Waals surface area contributed by atoms with Crippen molar-refractivity contribution < 1.29 is 18.1 Å². The maximum atomic E-state index is 13.4. The van der Waals surface area contributed by atoms with Gasteiger partial charge in [-0.3, -0.25) is 14.9 Å². The first-order chi connectivity index (χ1) is 15.6. The number of hydrogen-bond donors (Lipinski definition) is 1. The van der Waals surface area contributed by atoms with Crippen molar-refractivity contribution in [2.24, 2.45) is 0 Å². The van der Waals surface area contributed by atoms with Crippen LogP contribution >= 0.6 is 23.2 Å². The van der Waals surface area contributed by atoms with Crippen LogP contribution in [0.5, 0.6) is 0 Å². The molecule has 0 saturated carbocycles. The van der Waals surface area contributed by atoms with Gasteiger partial charge in [-0.2, -0.15) is 4.31 Å². The summed E-state index contributed by atoms with van der Waals surface area (Å²) < 4.78 is 27.8. The Labute approximate surface area is 200 Å². The van der Waals surface area contributed by atoms with Crippen LogP contribution < -0.4 is 5.32 Å². The minimum atomic E-state index is -4.22. The molecule has 3 rings (SSSR count). The predicted molar refractivity (Wildman–Crippen MR) is 127 cm³/mol. The smallest absolute Gasteiger partial charge is 0.274 e. The first-order valence-corrected chi connectivity index (χ1v) is 11.8. The third-order valence-electron chi connectivity index (χ3n) is 4.81. The van der Waals surface area contributed by atoms with E-state index >= 15 is 0 Å². The molecule has 0 aromatic heterocycles. The van der Waals surface area contributed by atoms with Crippen molar-refractivity contribution in [2.75, 3.05) is 11.9 Å². The average Bonchev–Trinajstić information content (AvgIpc) is 2.77. The summed E-state index contributed by atoms with van der Waals surface area (Å²) in [5.41, 5.74) is 0.962. The molecule has 0 radical (unpaired) electrons. The molecule has 0 bridgehead atoms. The van der Waals surface area contributed by atoms with Gasteiger partial charge in [0.1, 0.15) is 4.90 Å². The zero-order valence-corrected chi connectivity index (χ0v) is 19.7. The highest BCUT2D eigenvalue weighted by Gasteiger charge is 2.29. The second kappa shape index (κ2) is 10.3. The molecule has 0 fully saturated rings. The van der Waals surface area contributed by atoms with Gasteiger partial charge in [-0.1, -0.05) is 59.6 Å². The highest BCUT2D eigenvalue weighted by Crippen LogP contribution is 2.29. The zero-order chi connectivity index (χ0) is 24.2. The third kappa shape index (κ3) is 5.88. The Morgan fingerprint density at radius 1 is 1.06 bits per heavy atom. The lowest BCUT2D eigenvalue weighted by molar-refractivity contribution is -0.385. The molecule has 0 aliphatic heterocycles. The molecule has 1 N–H and O–H groups in total. The molecule has 33 heavy (non-hydrogen) atoms. The predicted octanol–water partition coefficient (Wildman–Crippen LogP) is 5.04. The molecule has 0 unspecified atom stereocenters. The number of rotatable bonds is 8. The normalized spacial score (nSPS) is 11.4. The van der Waals surface area contributed by atoms with E-state index in [1.807, 2.05) is 0 Å². The molecule has 1 amide bonds. The van der Waals surface area contributed by atoms with Crippen molar-refractivity contribution >= 4 is 50.5 Å². The van der Waals surface area contributed by atoms with Crippen LogP contribution in [-0.2, 0) is 21.4 Å². The van der Waals surface area contributed by atoms with Crippen LogP contribution in [0.3, 0.4) is 0 Å². The Bertz CT molecular complexity index is 1300. The Kier molecular flexibility index (Phi) is 7.70. The van der Waals surface area contributed by atoms with Crippen LogP contribution in [0.2, 0.25) is 10.0 Å². The van der Waals surface area contributed by atoms with Crippen LogP contribution in [0.1, 0.15) is 11.1 Å². The number of nitro benzene ring substituents is 1. The molecular formula is C22H19Cl2N3O5S. The number of carbonyl (C=O) groups excluding carboxylic acids is 1. The number of halogens is 2. The van der Waals surface area contributed by atoms with Crippen LogP contribution in [0.15, 0.2) is 71.6 Å². The van der Waals surface area contributed by atoms with Gasteiger partial charge in [-0.25, -0.2) is 8.42 Å². The monoisotopic (exact) mass is 507 g/mol. The van der Waals surface area contributed by atoms with E-state index in [4.69, 9.17) is 23.2 Å². The van der Waals surface area contributed by atoms with E-state index in [-0.39, 0.29) is 38.4 Å². The topological polar surface area (TPSA) is 110 Å². The van der Waals surface area contributed by atoms with Gasteiger partial charge in [0.25, 0.3) is 5.69 Å². The van der Waals surface area contributed by atoms with E-state index in [0.29, 0.717) is 5.56 Å². The average molecular weight is 508 g/mol. The van der Waals surface area contributed by atoms with Crippen LogP contribution in [0.25, 0.3) is 0 Å². The van der Waals surface area contributed by atoms with Crippen molar-refractivity contribution in [3.05, 3.63) is 98.0 Å². The van der Waals surface area contributed by atoms with E-state index in [1.54, 1.807) is 30.3 Å². The number of nitrogens with zero attached hydrogens (tertiary/aromatic N) is 2. The lowest BCUT2D eigenvalue weighted by Gasteiger charge is -2.23. The highest BCUT2D eigenvalue weighted by atomic mass is 35.5. The van der Waals surface area contributed by atoms with Crippen molar-refractivity contribution in [3.8, 4) is 0 Å². The fourth-order valence-corrected chi connectivity index (χ4v) is 5.26. The molecule has 0 aliphatic carbocycles. The summed E-state index contributed by atoms with van der Waals surface area (Å²) in [4.78, 5) is 23.2. The number of sulfonamides is 1. The first kappa shape index (κ1) is 24.7. The second-order valence-electron chi connectivity index (χ2n) is 7.09. The number of carbonyl (C=O) groups is 1. The van der Waals surface area contributed by atoms with Crippen molar-refractivity contribution in [2.45, 2.75) is 18.4 Å². The molecule has 0 spiro atoms. The lowest BCUT2D eigenvalue weighted by atomic mass is 10.1. The SMILES string of the molecule is Cc1c(NC(=O)CN(Cc2ccccc2)S(=O)(=O)c2cc(Cl)ccc2Cl)cccc1[N+](=O)[O-]. The Balaban J connectivity index is 1.94. The van der Waals surface area contributed by atoms with Gasteiger partial charge in [0.2, 0.25) is 15.9 Å². The van der Waals surface area contributed by atoms with Gasteiger partial charge >= 0.3 is 0 Å².